The third-order valence-corrected chi connectivity index (χ3v) is 2.88. The average molecular weight is 245 g/mol. The standard InChI is InChI=1S/C10H15NO4S/c1-15-10-4-2-3-8(6-10)5-9(12)7-16(11,13)14/h2-4,6,9,12H,5,7H2,1H3,(H2,11,13,14). The van der Waals surface area contributed by atoms with Crippen LogP contribution < -0.4 is 9.88 Å². The van der Waals surface area contributed by atoms with Gasteiger partial charge in [-0.2, -0.15) is 0 Å². The summed E-state index contributed by atoms with van der Waals surface area (Å²) in [5.74, 6) is 0.227. The molecule has 1 rings (SSSR count). The normalized spacial score (nSPS) is 13.4. The van der Waals surface area contributed by atoms with Crippen molar-refractivity contribution in [2.24, 2.45) is 5.14 Å². The molecular formula is C10H15NO4S. The van der Waals surface area contributed by atoms with Crippen molar-refractivity contribution in [3.05, 3.63) is 29.8 Å². The van der Waals surface area contributed by atoms with Gasteiger partial charge in [-0.1, -0.05) is 12.1 Å². The van der Waals surface area contributed by atoms with Gasteiger partial charge in [0.1, 0.15) is 5.75 Å². The van der Waals surface area contributed by atoms with Gasteiger partial charge in [0.25, 0.3) is 0 Å². The smallest absolute Gasteiger partial charge is 0.211 e. The lowest BCUT2D eigenvalue weighted by Crippen LogP contribution is -2.28. The van der Waals surface area contributed by atoms with Gasteiger partial charge in [-0.3, -0.25) is 0 Å². The highest BCUT2D eigenvalue weighted by atomic mass is 32.2. The van der Waals surface area contributed by atoms with Crippen molar-refractivity contribution in [2.75, 3.05) is 12.9 Å². The van der Waals surface area contributed by atoms with Crippen LogP contribution in [0.3, 0.4) is 0 Å². The van der Waals surface area contributed by atoms with Gasteiger partial charge in [0.05, 0.1) is 19.0 Å². The number of rotatable bonds is 5. The SMILES string of the molecule is COc1cccc(CC(O)CS(N)(=O)=O)c1. The quantitative estimate of drug-likeness (QED) is 0.757. The highest BCUT2D eigenvalue weighted by molar-refractivity contribution is 7.89. The average Bonchev–Trinajstić information content (AvgIpc) is 2.15. The van der Waals surface area contributed by atoms with Crippen molar-refractivity contribution in [3.8, 4) is 5.75 Å². The zero-order chi connectivity index (χ0) is 12.2. The lowest BCUT2D eigenvalue weighted by atomic mass is 10.1. The van der Waals surface area contributed by atoms with E-state index in [4.69, 9.17) is 9.88 Å². The van der Waals surface area contributed by atoms with E-state index in [9.17, 15) is 13.5 Å². The number of ether oxygens (including phenoxy) is 1. The number of methoxy groups -OCH3 is 1. The second-order valence-electron chi connectivity index (χ2n) is 3.54. The number of aliphatic hydroxyl groups excluding tert-OH is 1. The first kappa shape index (κ1) is 13.0. The van der Waals surface area contributed by atoms with Gasteiger partial charge in [0, 0.05) is 0 Å². The maximum absolute atomic E-state index is 10.7. The molecule has 1 atom stereocenters. The van der Waals surface area contributed by atoms with Crippen LogP contribution in [0.15, 0.2) is 24.3 Å². The van der Waals surface area contributed by atoms with E-state index in [-0.39, 0.29) is 6.42 Å². The number of benzene rings is 1. The number of aliphatic hydroxyl groups is 1. The Morgan fingerprint density at radius 3 is 2.75 bits per heavy atom. The van der Waals surface area contributed by atoms with Crippen molar-refractivity contribution < 1.29 is 18.3 Å². The number of nitrogens with two attached hydrogens (primary N) is 1. The van der Waals surface area contributed by atoms with E-state index >= 15 is 0 Å². The van der Waals surface area contributed by atoms with Crippen LogP contribution in [-0.2, 0) is 16.4 Å². The van der Waals surface area contributed by atoms with Crippen molar-refractivity contribution >= 4 is 10.0 Å². The van der Waals surface area contributed by atoms with Gasteiger partial charge >= 0.3 is 0 Å². The highest BCUT2D eigenvalue weighted by Gasteiger charge is 2.13. The summed E-state index contributed by atoms with van der Waals surface area (Å²) in [5.41, 5.74) is 0.801. The third-order valence-electron chi connectivity index (χ3n) is 2.03. The molecule has 90 valence electrons. The minimum absolute atomic E-state index is 0.230. The number of hydrogen-bond acceptors (Lipinski definition) is 4. The zero-order valence-electron chi connectivity index (χ0n) is 8.96. The van der Waals surface area contributed by atoms with E-state index in [2.05, 4.69) is 0 Å². The molecule has 0 aromatic heterocycles. The fourth-order valence-electron chi connectivity index (χ4n) is 1.40. The Kier molecular flexibility index (Phi) is 4.28. The topological polar surface area (TPSA) is 89.6 Å². The Bertz CT molecular complexity index is 444. The summed E-state index contributed by atoms with van der Waals surface area (Å²) in [7, 11) is -2.10. The predicted molar refractivity (Wildman–Crippen MR) is 60.7 cm³/mol. The van der Waals surface area contributed by atoms with E-state index in [0.717, 1.165) is 5.56 Å². The Balaban J connectivity index is 2.65. The largest absolute Gasteiger partial charge is 0.497 e. The van der Waals surface area contributed by atoms with E-state index in [1.807, 2.05) is 0 Å². The molecule has 0 bridgehead atoms. The van der Waals surface area contributed by atoms with Crippen molar-refractivity contribution in [3.63, 3.8) is 0 Å². The van der Waals surface area contributed by atoms with Crippen molar-refractivity contribution in [1.29, 1.82) is 0 Å². The number of hydrogen-bond donors (Lipinski definition) is 2. The first-order chi connectivity index (χ1) is 7.40. The Hall–Kier alpha value is -1.11. The predicted octanol–water partition coefficient (Wildman–Crippen LogP) is -0.113. The monoisotopic (exact) mass is 245 g/mol. The van der Waals surface area contributed by atoms with E-state index in [1.54, 1.807) is 31.4 Å². The molecule has 0 heterocycles. The second-order valence-corrected chi connectivity index (χ2v) is 5.20. The first-order valence-corrected chi connectivity index (χ1v) is 6.44. The van der Waals surface area contributed by atoms with Crippen LogP contribution in [0, 0.1) is 0 Å². The summed E-state index contributed by atoms with van der Waals surface area (Å²) >= 11 is 0. The van der Waals surface area contributed by atoms with E-state index in [1.165, 1.54) is 0 Å². The molecule has 0 fully saturated rings. The summed E-state index contributed by atoms with van der Waals surface area (Å²) in [5, 5.41) is 14.3. The minimum atomic E-state index is -3.64. The van der Waals surface area contributed by atoms with E-state index in [0.29, 0.717) is 5.75 Å². The van der Waals surface area contributed by atoms with Gasteiger partial charge in [-0.25, -0.2) is 13.6 Å². The molecule has 0 saturated carbocycles. The maximum atomic E-state index is 10.7. The molecule has 0 aliphatic carbocycles. The van der Waals surface area contributed by atoms with Crippen LogP contribution in [0.25, 0.3) is 0 Å². The van der Waals surface area contributed by atoms with Crippen LogP contribution in [0.1, 0.15) is 5.56 Å². The molecule has 0 radical (unpaired) electrons. The fraction of sp³-hybridized carbons (Fsp3) is 0.400. The molecule has 0 amide bonds. The summed E-state index contributed by atoms with van der Waals surface area (Å²) in [6.07, 6.45) is -0.768. The summed E-state index contributed by atoms with van der Waals surface area (Å²) in [4.78, 5) is 0. The molecule has 0 spiro atoms. The van der Waals surface area contributed by atoms with Crippen LogP contribution in [0.5, 0.6) is 5.75 Å². The molecule has 0 saturated heterocycles. The number of sulfonamides is 1. The fourth-order valence-corrected chi connectivity index (χ4v) is 2.05. The van der Waals surface area contributed by atoms with E-state index < -0.39 is 21.9 Å². The zero-order valence-corrected chi connectivity index (χ0v) is 9.78. The Morgan fingerprint density at radius 2 is 2.19 bits per heavy atom. The van der Waals surface area contributed by atoms with Gasteiger partial charge < -0.3 is 9.84 Å². The molecular weight excluding hydrogens is 230 g/mol. The molecule has 16 heavy (non-hydrogen) atoms. The van der Waals surface area contributed by atoms with Crippen molar-refractivity contribution in [2.45, 2.75) is 12.5 Å². The molecule has 1 aromatic carbocycles. The summed E-state index contributed by atoms with van der Waals surface area (Å²) in [6, 6.07) is 7.08. The van der Waals surface area contributed by atoms with Gasteiger partial charge in [-0.05, 0) is 24.1 Å². The van der Waals surface area contributed by atoms with Crippen LogP contribution in [0.4, 0.5) is 0 Å². The van der Waals surface area contributed by atoms with Gasteiger partial charge in [0.15, 0.2) is 0 Å². The summed E-state index contributed by atoms with van der Waals surface area (Å²) in [6.45, 7) is 0. The van der Waals surface area contributed by atoms with Crippen molar-refractivity contribution in [1.82, 2.24) is 0 Å². The summed E-state index contributed by atoms with van der Waals surface area (Å²) < 4.78 is 26.5. The van der Waals surface area contributed by atoms with Crippen LogP contribution in [0.2, 0.25) is 0 Å². The second kappa shape index (κ2) is 5.29. The molecule has 0 aliphatic heterocycles. The Labute approximate surface area is 94.9 Å². The van der Waals surface area contributed by atoms with Gasteiger partial charge in [-0.15, -0.1) is 0 Å². The maximum Gasteiger partial charge on any atom is 0.211 e. The molecule has 3 N–H and O–H groups in total. The minimum Gasteiger partial charge on any atom is -0.497 e. The lowest BCUT2D eigenvalue weighted by Gasteiger charge is -2.09. The number of primary sulfonamides is 1. The third kappa shape index (κ3) is 4.61. The molecule has 1 aromatic rings. The lowest BCUT2D eigenvalue weighted by molar-refractivity contribution is 0.197. The molecule has 0 aliphatic rings. The molecule has 1 unspecified atom stereocenters. The Morgan fingerprint density at radius 1 is 1.50 bits per heavy atom. The van der Waals surface area contributed by atoms with Crippen LogP contribution in [-0.4, -0.2) is 32.5 Å². The molecule has 6 heteroatoms. The highest BCUT2D eigenvalue weighted by Crippen LogP contribution is 2.14. The first-order valence-electron chi connectivity index (χ1n) is 4.72. The van der Waals surface area contributed by atoms with Crippen LogP contribution >= 0.6 is 0 Å². The van der Waals surface area contributed by atoms with Gasteiger partial charge in [0.2, 0.25) is 10.0 Å². The molecule has 5 nitrogen and oxygen atoms in total.